The zero-order valence-electron chi connectivity index (χ0n) is 10.3. The van der Waals surface area contributed by atoms with Gasteiger partial charge in [0.2, 0.25) is 0 Å². The van der Waals surface area contributed by atoms with Crippen LogP contribution < -0.4 is 0 Å². The third-order valence-corrected chi connectivity index (χ3v) is 2.79. The number of aromatic hydroxyl groups is 2. The van der Waals surface area contributed by atoms with Crippen molar-refractivity contribution in [2.45, 2.75) is 6.92 Å². The number of carbonyl (C=O) groups excluding carboxylic acids is 2. The topological polar surface area (TPSA) is 74.6 Å². The van der Waals surface area contributed by atoms with Gasteiger partial charge >= 0.3 is 0 Å². The molecular weight excluding hydrogens is 244 g/mol. The summed E-state index contributed by atoms with van der Waals surface area (Å²) in [4.78, 5) is 23.5. The summed E-state index contributed by atoms with van der Waals surface area (Å²) < 4.78 is 0. The summed E-state index contributed by atoms with van der Waals surface area (Å²) in [5.41, 5.74) is 0.480. The maximum Gasteiger partial charge on any atom is 0.196 e. The van der Waals surface area contributed by atoms with Crippen molar-refractivity contribution in [3.8, 4) is 11.5 Å². The van der Waals surface area contributed by atoms with Gasteiger partial charge in [-0.1, -0.05) is 12.1 Å². The average molecular weight is 256 g/mol. The number of benzene rings is 2. The van der Waals surface area contributed by atoms with Crippen molar-refractivity contribution in [1.29, 1.82) is 0 Å². The van der Waals surface area contributed by atoms with Crippen molar-refractivity contribution in [2.75, 3.05) is 0 Å². The smallest absolute Gasteiger partial charge is 0.196 e. The first kappa shape index (κ1) is 12.8. The first-order chi connectivity index (χ1) is 9.00. The number of phenolic OH excluding ortho intramolecular Hbond substituents is 2. The van der Waals surface area contributed by atoms with Gasteiger partial charge in [-0.15, -0.1) is 0 Å². The normalized spacial score (nSPS) is 10.2. The fourth-order valence-electron chi connectivity index (χ4n) is 1.78. The largest absolute Gasteiger partial charge is 0.507 e. The monoisotopic (exact) mass is 256 g/mol. The maximum absolute atomic E-state index is 12.2. The SMILES string of the molecule is CC(=O)c1cc(C(=O)c2ccccc2O)ccc1O. The molecule has 0 bridgehead atoms. The lowest BCUT2D eigenvalue weighted by atomic mass is 9.99. The number of carbonyl (C=O) groups is 2. The minimum absolute atomic E-state index is 0.0845. The van der Waals surface area contributed by atoms with Crippen LogP contribution in [0.3, 0.4) is 0 Å². The zero-order valence-corrected chi connectivity index (χ0v) is 10.3. The molecule has 0 aliphatic carbocycles. The zero-order chi connectivity index (χ0) is 14.0. The molecule has 96 valence electrons. The number of hydrogen-bond donors (Lipinski definition) is 2. The highest BCUT2D eigenvalue weighted by Gasteiger charge is 2.16. The maximum atomic E-state index is 12.2. The summed E-state index contributed by atoms with van der Waals surface area (Å²) in [6, 6.07) is 10.2. The predicted molar refractivity (Wildman–Crippen MR) is 69.7 cm³/mol. The molecule has 0 saturated heterocycles. The summed E-state index contributed by atoms with van der Waals surface area (Å²) >= 11 is 0. The second-order valence-electron chi connectivity index (χ2n) is 4.13. The Hall–Kier alpha value is -2.62. The van der Waals surface area contributed by atoms with Crippen LogP contribution in [0.25, 0.3) is 0 Å². The average Bonchev–Trinajstić information content (AvgIpc) is 2.38. The van der Waals surface area contributed by atoms with E-state index in [2.05, 4.69) is 0 Å². The summed E-state index contributed by atoms with van der Waals surface area (Å²) in [6.07, 6.45) is 0. The van der Waals surface area contributed by atoms with E-state index in [9.17, 15) is 19.8 Å². The Morgan fingerprint density at radius 2 is 1.53 bits per heavy atom. The standard InChI is InChI=1S/C15H12O4/c1-9(16)12-8-10(6-7-14(12)18)15(19)11-4-2-3-5-13(11)17/h2-8,17-18H,1H3. The molecule has 4 nitrogen and oxygen atoms in total. The third kappa shape index (κ3) is 2.47. The number of ketones is 2. The first-order valence-electron chi connectivity index (χ1n) is 5.67. The first-order valence-corrected chi connectivity index (χ1v) is 5.67. The van der Waals surface area contributed by atoms with Crippen LogP contribution in [0.1, 0.15) is 33.2 Å². The van der Waals surface area contributed by atoms with Crippen LogP contribution in [-0.2, 0) is 0 Å². The van der Waals surface area contributed by atoms with Gasteiger partial charge < -0.3 is 10.2 Å². The predicted octanol–water partition coefficient (Wildman–Crippen LogP) is 2.53. The highest BCUT2D eigenvalue weighted by Crippen LogP contribution is 2.24. The molecule has 19 heavy (non-hydrogen) atoms. The van der Waals surface area contributed by atoms with Gasteiger partial charge in [0, 0.05) is 5.56 Å². The van der Waals surface area contributed by atoms with E-state index in [0.29, 0.717) is 0 Å². The molecule has 0 aromatic heterocycles. The van der Waals surface area contributed by atoms with Crippen molar-refractivity contribution in [2.24, 2.45) is 0 Å². The van der Waals surface area contributed by atoms with Gasteiger partial charge in [0.15, 0.2) is 11.6 Å². The molecule has 2 aromatic rings. The second kappa shape index (κ2) is 4.94. The Bertz CT molecular complexity index is 659. The van der Waals surface area contributed by atoms with E-state index in [4.69, 9.17) is 0 Å². The van der Waals surface area contributed by atoms with E-state index in [1.807, 2.05) is 0 Å². The lowest BCUT2D eigenvalue weighted by Gasteiger charge is -2.06. The quantitative estimate of drug-likeness (QED) is 0.827. The Morgan fingerprint density at radius 3 is 2.16 bits per heavy atom. The minimum Gasteiger partial charge on any atom is -0.507 e. The van der Waals surface area contributed by atoms with Crippen molar-refractivity contribution in [1.82, 2.24) is 0 Å². The van der Waals surface area contributed by atoms with Crippen LogP contribution >= 0.6 is 0 Å². The molecule has 2 rings (SSSR count). The van der Waals surface area contributed by atoms with Crippen LogP contribution in [-0.4, -0.2) is 21.8 Å². The Kier molecular flexibility index (Phi) is 3.33. The molecule has 2 N–H and O–H groups in total. The van der Waals surface area contributed by atoms with E-state index in [-0.39, 0.29) is 34.0 Å². The summed E-state index contributed by atoms with van der Waals surface area (Å²) in [7, 11) is 0. The molecule has 0 aliphatic heterocycles. The highest BCUT2D eigenvalue weighted by molar-refractivity contribution is 6.12. The van der Waals surface area contributed by atoms with E-state index < -0.39 is 5.78 Å². The summed E-state index contributed by atoms with van der Waals surface area (Å²) in [5.74, 6) is -1.02. The van der Waals surface area contributed by atoms with Gasteiger partial charge in [-0.2, -0.15) is 0 Å². The lowest BCUT2D eigenvalue weighted by molar-refractivity contribution is 0.101. The van der Waals surface area contributed by atoms with Crippen LogP contribution in [0.5, 0.6) is 11.5 Å². The molecule has 0 fully saturated rings. The van der Waals surface area contributed by atoms with E-state index in [0.717, 1.165) is 0 Å². The van der Waals surface area contributed by atoms with Gasteiger partial charge in [-0.3, -0.25) is 9.59 Å². The molecule has 0 unspecified atom stereocenters. The Labute approximate surface area is 109 Å². The highest BCUT2D eigenvalue weighted by atomic mass is 16.3. The van der Waals surface area contributed by atoms with Gasteiger partial charge in [-0.25, -0.2) is 0 Å². The van der Waals surface area contributed by atoms with Crippen LogP contribution in [0.15, 0.2) is 42.5 Å². The van der Waals surface area contributed by atoms with Gasteiger partial charge in [0.1, 0.15) is 11.5 Å². The lowest BCUT2D eigenvalue weighted by Crippen LogP contribution is -2.04. The van der Waals surface area contributed by atoms with Crippen molar-refractivity contribution in [3.63, 3.8) is 0 Å². The number of para-hydroxylation sites is 1. The third-order valence-electron chi connectivity index (χ3n) is 2.79. The molecular formula is C15H12O4. The molecule has 0 heterocycles. The number of rotatable bonds is 3. The second-order valence-corrected chi connectivity index (χ2v) is 4.13. The molecule has 4 heteroatoms. The van der Waals surface area contributed by atoms with Crippen LogP contribution in [0.2, 0.25) is 0 Å². The number of Topliss-reactive ketones (excluding diaryl/α,β-unsaturated/α-hetero) is 1. The van der Waals surface area contributed by atoms with Gasteiger partial charge in [0.25, 0.3) is 0 Å². The molecule has 0 atom stereocenters. The number of phenols is 2. The Balaban J connectivity index is 2.49. The van der Waals surface area contributed by atoms with Gasteiger partial charge in [0.05, 0.1) is 11.1 Å². The summed E-state index contributed by atoms with van der Waals surface area (Å²) in [5, 5.41) is 19.2. The van der Waals surface area contributed by atoms with Crippen molar-refractivity contribution < 1.29 is 19.8 Å². The summed E-state index contributed by atoms with van der Waals surface area (Å²) in [6.45, 7) is 1.31. The molecule has 0 amide bonds. The fourth-order valence-corrected chi connectivity index (χ4v) is 1.78. The fraction of sp³-hybridized carbons (Fsp3) is 0.0667. The van der Waals surface area contributed by atoms with E-state index in [1.165, 1.54) is 37.3 Å². The van der Waals surface area contributed by atoms with Crippen LogP contribution in [0, 0.1) is 0 Å². The Morgan fingerprint density at radius 1 is 0.895 bits per heavy atom. The molecule has 0 saturated carbocycles. The minimum atomic E-state index is -0.402. The van der Waals surface area contributed by atoms with E-state index in [1.54, 1.807) is 12.1 Å². The van der Waals surface area contributed by atoms with Crippen molar-refractivity contribution >= 4 is 11.6 Å². The molecule has 2 aromatic carbocycles. The van der Waals surface area contributed by atoms with Gasteiger partial charge in [-0.05, 0) is 37.3 Å². The van der Waals surface area contributed by atoms with E-state index >= 15 is 0 Å². The molecule has 0 radical (unpaired) electrons. The molecule has 0 spiro atoms. The van der Waals surface area contributed by atoms with Crippen molar-refractivity contribution in [3.05, 3.63) is 59.2 Å². The van der Waals surface area contributed by atoms with Crippen LogP contribution in [0.4, 0.5) is 0 Å². The molecule has 0 aliphatic rings. The number of hydrogen-bond acceptors (Lipinski definition) is 4.